The van der Waals surface area contributed by atoms with E-state index in [0.717, 1.165) is 0 Å². The van der Waals surface area contributed by atoms with Gasteiger partial charge in [0, 0.05) is 6.20 Å². The summed E-state index contributed by atoms with van der Waals surface area (Å²) in [5.74, 6) is 0.150. The molecule has 40 heavy (non-hydrogen) atoms. The SMILES string of the molecule is COc1ncc(-c2nn(C(C)c3oc4ccccc4c(=O)c3-c3cccc(F)c3)c3ncnc(N)c23)c(OC)n1. The molecule has 0 amide bonds. The van der Waals surface area contributed by atoms with Crippen molar-refractivity contribution in [2.75, 3.05) is 20.0 Å². The Kier molecular flexibility index (Phi) is 6.06. The number of hydrogen-bond acceptors (Lipinski definition) is 10. The summed E-state index contributed by atoms with van der Waals surface area (Å²) in [5, 5.41) is 5.62. The summed E-state index contributed by atoms with van der Waals surface area (Å²) >= 11 is 0. The summed E-state index contributed by atoms with van der Waals surface area (Å²) in [6.45, 7) is 1.80. The van der Waals surface area contributed by atoms with Gasteiger partial charge in [0.05, 0.1) is 36.1 Å². The highest BCUT2D eigenvalue weighted by atomic mass is 19.1. The van der Waals surface area contributed by atoms with Crippen molar-refractivity contribution >= 4 is 27.8 Å². The van der Waals surface area contributed by atoms with Crippen molar-refractivity contribution in [3.05, 3.63) is 82.9 Å². The van der Waals surface area contributed by atoms with Crippen LogP contribution in [0.5, 0.6) is 11.9 Å². The fourth-order valence-electron chi connectivity index (χ4n) is 4.70. The van der Waals surface area contributed by atoms with E-state index in [1.54, 1.807) is 48.0 Å². The van der Waals surface area contributed by atoms with Gasteiger partial charge in [-0.15, -0.1) is 0 Å². The molecule has 6 aromatic rings. The maximum absolute atomic E-state index is 14.3. The highest BCUT2D eigenvalue weighted by Crippen LogP contribution is 2.38. The van der Waals surface area contributed by atoms with E-state index in [4.69, 9.17) is 24.7 Å². The molecule has 0 fully saturated rings. The zero-order valence-corrected chi connectivity index (χ0v) is 21.6. The van der Waals surface area contributed by atoms with Crippen LogP contribution >= 0.6 is 0 Å². The molecule has 4 aromatic heterocycles. The predicted octanol–water partition coefficient (Wildman–Crippen LogP) is 4.40. The molecule has 11 nitrogen and oxygen atoms in total. The molecule has 0 aliphatic heterocycles. The topological polar surface area (TPSA) is 144 Å². The molecule has 2 N–H and O–H groups in total. The van der Waals surface area contributed by atoms with Gasteiger partial charge >= 0.3 is 6.01 Å². The Morgan fingerprint density at radius 3 is 2.65 bits per heavy atom. The number of fused-ring (bicyclic) bond motifs is 2. The number of nitrogen functional groups attached to an aromatic ring is 1. The van der Waals surface area contributed by atoms with Crippen LogP contribution in [0.2, 0.25) is 0 Å². The molecule has 12 heteroatoms. The molecule has 0 radical (unpaired) electrons. The van der Waals surface area contributed by atoms with Gasteiger partial charge in [-0.05, 0) is 36.8 Å². The van der Waals surface area contributed by atoms with E-state index in [9.17, 15) is 9.18 Å². The maximum Gasteiger partial charge on any atom is 0.319 e. The third-order valence-electron chi connectivity index (χ3n) is 6.57. The lowest BCUT2D eigenvalue weighted by atomic mass is 9.99. The molecule has 1 atom stereocenters. The fraction of sp³-hybridized carbons (Fsp3) is 0.143. The summed E-state index contributed by atoms with van der Waals surface area (Å²) in [7, 11) is 2.90. The molecule has 0 saturated heterocycles. The van der Waals surface area contributed by atoms with Crippen LogP contribution in [-0.2, 0) is 0 Å². The highest BCUT2D eigenvalue weighted by molar-refractivity contribution is 5.99. The zero-order chi connectivity index (χ0) is 28.0. The van der Waals surface area contributed by atoms with Gasteiger partial charge < -0.3 is 19.6 Å². The number of methoxy groups -OCH3 is 2. The molecule has 0 spiro atoms. The minimum Gasteiger partial charge on any atom is -0.480 e. The van der Waals surface area contributed by atoms with Crippen molar-refractivity contribution in [1.29, 1.82) is 0 Å². The fourth-order valence-corrected chi connectivity index (χ4v) is 4.70. The van der Waals surface area contributed by atoms with E-state index in [1.165, 1.54) is 38.9 Å². The quantitative estimate of drug-likeness (QED) is 0.323. The van der Waals surface area contributed by atoms with E-state index >= 15 is 0 Å². The molecule has 6 rings (SSSR count). The number of anilines is 1. The average molecular weight is 540 g/mol. The largest absolute Gasteiger partial charge is 0.480 e. The van der Waals surface area contributed by atoms with Crippen LogP contribution in [-0.4, -0.2) is 43.9 Å². The second-order valence-corrected chi connectivity index (χ2v) is 8.88. The number of ether oxygens (including phenoxy) is 2. The molecule has 0 aliphatic carbocycles. The van der Waals surface area contributed by atoms with Gasteiger partial charge in [-0.2, -0.15) is 10.1 Å². The Balaban J connectivity index is 1.64. The lowest BCUT2D eigenvalue weighted by molar-refractivity contribution is 0.353. The number of nitrogens with zero attached hydrogens (tertiary/aromatic N) is 6. The van der Waals surface area contributed by atoms with E-state index in [-0.39, 0.29) is 34.5 Å². The number of nitrogens with two attached hydrogens (primary N) is 1. The van der Waals surface area contributed by atoms with Gasteiger partial charge in [-0.25, -0.2) is 24.0 Å². The van der Waals surface area contributed by atoms with Crippen LogP contribution < -0.4 is 20.6 Å². The van der Waals surface area contributed by atoms with E-state index in [2.05, 4.69) is 19.9 Å². The predicted molar refractivity (Wildman–Crippen MR) is 146 cm³/mol. The summed E-state index contributed by atoms with van der Waals surface area (Å²) in [4.78, 5) is 30.8. The van der Waals surface area contributed by atoms with Crippen LogP contribution in [0, 0.1) is 5.82 Å². The van der Waals surface area contributed by atoms with Gasteiger partial charge in [0.15, 0.2) is 5.65 Å². The first-order valence-corrected chi connectivity index (χ1v) is 12.2. The molecule has 0 saturated carbocycles. The third kappa shape index (κ3) is 3.97. The van der Waals surface area contributed by atoms with Gasteiger partial charge in [0.2, 0.25) is 11.3 Å². The van der Waals surface area contributed by atoms with Crippen LogP contribution in [0.15, 0.2) is 70.3 Å². The Bertz CT molecular complexity index is 1970. The lowest BCUT2D eigenvalue weighted by Gasteiger charge is -2.17. The van der Waals surface area contributed by atoms with Crippen molar-refractivity contribution in [1.82, 2.24) is 29.7 Å². The summed E-state index contributed by atoms with van der Waals surface area (Å²) in [5.41, 5.74) is 8.12. The molecule has 200 valence electrons. The first-order valence-electron chi connectivity index (χ1n) is 12.2. The second-order valence-electron chi connectivity index (χ2n) is 8.88. The Hall–Kier alpha value is -5.39. The monoisotopic (exact) mass is 539 g/mol. The number of rotatable bonds is 6. The Labute approximate surface area is 226 Å². The van der Waals surface area contributed by atoms with Gasteiger partial charge in [-0.3, -0.25) is 4.79 Å². The van der Waals surface area contributed by atoms with Crippen molar-refractivity contribution < 1.29 is 18.3 Å². The van der Waals surface area contributed by atoms with Gasteiger partial charge in [0.1, 0.15) is 41.0 Å². The zero-order valence-electron chi connectivity index (χ0n) is 21.6. The number of hydrogen-bond donors (Lipinski definition) is 1. The van der Waals surface area contributed by atoms with E-state index < -0.39 is 11.9 Å². The third-order valence-corrected chi connectivity index (χ3v) is 6.57. The second kappa shape index (κ2) is 9.73. The Morgan fingerprint density at radius 1 is 1.05 bits per heavy atom. The first kappa shape index (κ1) is 24.9. The van der Waals surface area contributed by atoms with Crippen LogP contribution in [0.1, 0.15) is 18.7 Å². The van der Waals surface area contributed by atoms with Crippen molar-refractivity contribution in [3.63, 3.8) is 0 Å². The molecule has 1 unspecified atom stereocenters. The summed E-state index contributed by atoms with van der Waals surface area (Å²) < 4.78 is 32.8. The maximum atomic E-state index is 14.3. The van der Waals surface area contributed by atoms with Crippen molar-refractivity contribution in [2.45, 2.75) is 13.0 Å². The lowest BCUT2D eigenvalue weighted by Crippen LogP contribution is -2.16. The first-order chi connectivity index (χ1) is 19.4. The molecular formula is C28H22FN7O4. The minimum atomic E-state index is -0.703. The van der Waals surface area contributed by atoms with Crippen LogP contribution in [0.3, 0.4) is 0 Å². The smallest absolute Gasteiger partial charge is 0.319 e. The molecule has 0 bridgehead atoms. The number of benzene rings is 2. The minimum absolute atomic E-state index is 0.111. The molecule has 0 aliphatic rings. The van der Waals surface area contributed by atoms with E-state index in [0.29, 0.717) is 38.8 Å². The molecule has 4 heterocycles. The summed E-state index contributed by atoms with van der Waals surface area (Å²) in [6, 6.07) is 12.1. The normalized spacial score (nSPS) is 12.1. The number of halogens is 1. The molecule has 2 aromatic carbocycles. The van der Waals surface area contributed by atoms with Crippen molar-refractivity contribution in [3.8, 4) is 34.3 Å². The van der Waals surface area contributed by atoms with Crippen LogP contribution in [0.25, 0.3) is 44.4 Å². The number of aromatic nitrogens is 6. The molecular weight excluding hydrogens is 517 g/mol. The van der Waals surface area contributed by atoms with Crippen LogP contribution in [0.4, 0.5) is 10.2 Å². The highest BCUT2D eigenvalue weighted by Gasteiger charge is 2.28. The summed E-state index contributed by atoms with van der Waals surface area (Å²) in [6.07, 6.45) is 2.82. The van der Waals surface area contributed by atoms with E-state index in [1.807, 2.05) is 0 Å². The standard InChI is InChI=1S/C28H22FN7O4/c1-14(24-20(15-7-6-8-16(29)11-15)23(37)17-9-4-5-10-19(17)40-24)36-26-21(25(30)32-13-33-26)22(35-36)18-12-31-28(39-3)34-27(18)38-2/h4-14H,1-3H3,(H2,30,32,33). The Morgan fingerprint density at radius 2 is 1.88 bits per heavy atom. The van der Waals surface area contributed by atoms with Gasteiger partial charge in [-0.1, -0.05) is 24.3 Å². The number of para-hydroxylation sites is 1. The van der Waals surface area contributed by atoms with Crippen molar-refractivity contribution in [2.24, 2.45) is 0 Å². The van der Waals surface area contributed by atoms with Gasteiger partial charge in [0.25, 0.3) is 0 Å². The average Bonchev–Trinajstić information content (AvgIpc) is 3.37.